The molecular weight excluding hydrogens is 256 g/mol. The van der Waals surface area contributed by atoms with Crippen molar-refractivity contribution in [3.05, 3.63) is 29.6 Å². The number of hydrogen-bond acceptors (Lipinski definition) is 3. The van der Waals surface area contributed by atoms with Crippen LogP contribution in [0.2, 0.25) is 0 Å². The number of aromatic nitrogens is 1. The maximum absolute atomic E-state index is 12.4. The average Bonchev–Trinajstić information content (AvgIpc) is 3.31. The molecule has 1 aromatic heterocycles. The molecule has 2 heterocycles. The van der Waals surface area contributed by atoms with Crippen molar-refractivity contribution in [1.82, 2.24) is 9.88 Å². The maximum atomic E-state index is 12.4. The Bertz CT molecular complexity index is 522. The van der Waals surface area contributed by atoms with Gasteiger partial charge in [0.25, 0.3) is 5.91 Å². The summed E-state index contributed by atoms with van der Waals surface area (Å²) in [5.74, 6) is -0.583. The molecule has 106 valence electrons. The van der Waals surface area contributed by atoms with Crippen LogP contribution in [0.15, 0.2) is 18.3 Å². The van der Waals surface area contributed by atoms with Gasteiger partial charge in [-0.05, 0) is 49.7 Å². The number of carbonyl (C=O) groups excluding carboxylic acids is 1. The number of pyridine rings is 1. The number of aliphatic carboxylic acids is 1. The van der Waals surface area contributed by atoms with Gasteiger partial charge in [-0.1, -0.05) is 6.07 Å². The summed E-state index contributed by atoms with van der Waals surface area (Å²) < 4.78 is 0. The van der Waals surface area contributed by atoms with Crippen LogP contribution in [-0.4, -0.2) is 39.5 Å². The van der Waals surface area contributed by atoms with Gasteiger partial charge in [0.2, 0.25) is 0 Å². The molecule has 0 radical (unpaired) electrons. The SMILES string of the molecule is O=C(O)C1CCCCN1C(=O)c1ccc(C2CC2)cn1. The number of hydrogen-bond donors (Lipinski definition) is 1. The summed E-state index contributed by atoms with van der Waals surface area (Å²) in [6, 6.07) is 2.96. The van der Waals surface area contributed by atoms with Gasteiger partial charge in [0.1, 0.15) is 11.7 Å². The molecular formula is C15H18N2O3. The summed E-state index contributed by atoms with van der Waals surface area (Å²) in [6.07, 6.45) is 6.39. The molecule has 1 aliphatic heterocycles. The zero-order chi connectivity index (χ0) is 14.1. The lowest BCUT2D eigenvalue weighted by molar-refractivity contribution is -0.143. The zero-order valence-electron chi connectivity index (χ0n) is 11.3. The van der Waals surface area contributed by atoms with E-state index in [9.17, 15) is 14.7 Å². The fourth-order valence-electron chi connectivity index (χ4n) is 2.77. The van der Waals surface area contributed by atoms with Crippen LogP contribution < -0.4 is 0 Å². The Morgan fingerprint density at radius 2 is 2.00 bits per heavy atom. The van der Waals surface area contributed by atoms with Crippen molar-refractivity contribution in [2.24, 2.45) is 0 Å². The highest BCUT2D eigenvalue weighted by Crippen LogP contribution is 2.39. The van der Waals surface area contributed by atoms with E-state index in [2.05, 4.69) is 4.98 Å². The predicted octanol–water partition coefficient (Wildman–Crippen LogP) is 2.04. The minimum atomic E-state index is -0.923. The van der Waals surface area contributed by atoms with Crippen LogP contribution in [0.1, 0.15) is 54.1 Å². The first-order valence-electron chi connectivity index (χ1n) is 7.16. The second-order valence-electron chi connectivity index (χ2n) is 5.60. The first-order valence-corrected chi connectivity index (χ1v) is 7.16. The molecule has 0 spiro atoms. The number of nitrogens with zero attached hydrogens (tertiary/aromatic N) is 2. The molecule has 3 rings (SSSR count). The van der Waals surface area contributed by atoms with Gasteiger partial charge in [0, 0.05) is 12.7 Å². The van der Waals surface area contributed by atoms with E-state index in [0.717, 1.165) is 12.8 Å². The molecule has 5 nitrogen and oxygen atoms in total. The summed E-state index contributed by atoms with van der Waals surface area (Å²) >= 11 is 0. The minimum absolute atomic E-state index is 0.264. The van der Waals surface area contributed by atoms with E-state index in [1.807, 2.05) is 6.07 Å². The Balaban J connectivity index is 1.77. The van der Waals surface area contributed by atoms with E-state index in [-0.39, 0.29) is 5.91 Å². The van der Waals surface area contributed by atoms with Crippen LogP contribution in [0.3, 0.4) is 0 Å². The summed E-state index contributed by atoms with van der Waals surface area (Å²) in [6.45, 7) is 0.502. The van der Waals surface area contributed by atoms with Gasteiger partial charge in [-0.3, -0.25) is 9.78 Å². The largest absolute Gasteiger partial charge is 0.480 e. The topological polar surface area (TPSA) is 70.5 Å². The molecule has 2 aliphatic rings. The molecule has 0 aromatic carbocycles. The number of carbonyl (C=O) groups is 2. The van der Waals surface area contributed by atoms with Gasteiger partial charge in [-0.2, -0.15) is 0 Å². The summed E-state index contributed by atoms with van der Waals surface area (Å²) in [5, 5.41) is 9.22. The van der Waals surface area contributed by atoms with Crippen LogP contribution >= 0.6 is 0 Å². The number of carboxylic acid groups (broad SMARTS) is 1. The van der Waals surface area contributed by atoms with E-state index in [4.69, 9.17) is 0 Å². The van der Waals surface area contributed by atoms with Crippen molar-refractivity contribution in [2.45, 2.75) is 44.1 Å². The van der Waals surface area contributed by atoms with Crippen LogP contribution in [0, 0.1) is 0 Å². The maximum Gasteiger partial charge on any atom is 0.326 e. The number of rotatable bonds is 3. The first-order chi connectivity index (χ1) is 9.66. The van der Waals surface area contributed by atoms with Crippen molar-refractivity contribution in [3.8, 4) is 0 Å². The molecule has 1 amide bonds. The number of carboxylic acids is 1. The van der Waals surface area contributed by atoms with Crippen LogP contribution in [0.25, 0.3) is 0 Å². The molecule has 1 saturated heterocycles. The molecule has 0 bridgehead atoms. The Hall–Kier alpha value is -1.91. The van der Waals surface area contributed by atoms with Crippen molar-refractivity contribution in [2.75, 3.05) is 6.54 Å². The second-order valence-corrected chi connectivity index (χ2v) is 5.60. The Labute approximate surface area is 117 Å². The van der Waals surface area contributed by atoms with Gasteiger partial charge >= 0.3 is 5.97 Å². The lowest BCUT2D eigenvalue weighted by Gasteiger charge is -2.32. The Morgan fingerprint density at radius 1 is 1.20 bits per heavy atom. The van der Waals surface area contributed by atoms with Crippen LogP contribution in [-0.2, 0) is 4.79 Å². The molecule has 1 saturated carbocycles. The normalized spacial score (nSPS) is 22.6. The summed E-state index contributed by atoms with van der Waals surface area (Å²) in [5.41, 5.74) is 1.53. The quantitative estimate of drug-likeness (QED) is 0.915. The highest BCUT2D eigenvalue weighted by atomic mass is 16.4. The van der Waals surface area contributed by atoms with Gasteiger partial charge in [0.15, 0.2) is 0 Å². The van der Waals surface area contributed by atoms with E-state index < -0.39 is 12.0 Å². The lowest BCUT2D eigenvalue weighted by Crippen LogP contribution is -2.48. The molecule has 1 atom stereocenters. The smallest absolute Gasteiger partial charge is 0.326 e. The van der Waals surface area contributed by atoms with E-state index >= 15 is 0 Å². The van der Waals surface area contributed by atoms with Crippen molar-refractivity contribution >= 4 is 11.9 Å². The molecule has 20 heavy (non-hydrogen) atoms. The van der Waals surface area contributed by atoms with Crippen molar-refractivity contribution in [1.29, 1.82) is 0 Å². The second kappa shape index (κ2) is 5.23. The fourth-order valence-corrected chi connectivity index (χ4v) is 2.77. The third kappa shape index (κ3) is 2.53. The lowest BCUT2D eigenvalue weighted by atomic mass is 10.0. The average molecular weight is 274 g/mol. The highest BCUT2D eigenvalue weighted by molar-refractivity contribution is 5.95. The summed E-state index contributed by atoms with van der Waals surface area (Å²) in [4.78, 5) is 29.3. The van der Waals surface area contributed by atoms with E-state index in [1.54, 1.807) is 12.3 Å². The monoisotopic (exact) mass is 274 g/mol. The third-order valence-corrected chi connectivity index (χ3v) is 4.10. The minimum Gasteiger partial charge on any atom is -0.480 e. The predicted molar refractivity (Wildman–Crippen MR) is 72.5 cm³/mol. The van der Waals surface area contributed by atoms with Crippen molar-refractivity contribution in [3.63, 3.8) is 0 Å². The molecule has 5 heteroatoms. The first kappa shape index (κ1) is 13.1. The van der Waals surface area contributed by atoms with Gasteiger partial charge < -0.3 is 10.0 Å². The van der Waals surface area contributed by atoms with E-state index in [1.165, 1.54) is 23.3 Å². The van der Waals surface area contributed by atoms with Gasteiger partial charge in [-0.25, -0.2) is 4.79 Å². The Morgan fingerprint density at radius 3 is 2.60 bits per heavy atom. The molecule has 1 aromatic rings. The number of likely N-dealkylation sites (tertiary alicyclic amines) is 1. The molecule has 1 unspecified atom stereocenters. The standard InChI is InChI=1S/C15H18N2O3/c18-14(17-8-2-1-3-13(17)15(19)20)12-7-6-11(9-16-12)10-4-5-10/h6-7,9-10,13H,1-5,8H2,(H,19,20). The fraction of sp³-hybridized carbons (Fsp3) is 0.533. The van der Waals surface area contributed by atoms with Crippen LogP contribution in [0.5, 0.6) is 0 Å². The zero-order valence-corrected chi connectivity index (χ0v) is 11.3. The number of piperidine rings is 1. The van der Waals surface area contributed by atoms with Gasteiger partial charge in [-0.15, -0.1) is 0 Å². The van der Waals surface area contributed by atoms with Crippen molar-refractivity contribution < 1.29 is 14.7 Å². The molecule has 1 aliphatic carbocycles. The molecule has 1 N–H and O–H groups in total. The Kier molecular flexibility index (Phi) is 3.42. The van der Waals surface area contributed by atoms with Gasteiger partial charge in [0.05, 0.1) is 0 Å². The third-order valence-electron chi connectivity index (χ3n) is 4.10. The molecule has 2 fully saturated rings. The van der Waals surface area contributed by atoms with E-state index in [0.29, 0.717) is 24.6 Å². The van der Waals surface area contributed by atoms with Crippen LogP contribution in [0.4, 0.5) is 0 Å². The highest BCUT2D eigenvalue weighted by Gasteiger charge is 2.33. The summed E-state index contributed by atoms with van der Waals surface area (Å²) in [7, 11) is 0. The number of amides is 1.